The minimum absolute atomic E-state index is 0.0896. The van der Waals surface area contributed by atoms with Gasteiger partial charge in [-0.1, -0.05) is 6.58 Å². The second-order valence-electron chi connectivity index (χ2n) is 4.52. The first-order chi connectivity index (χ1) is 9.27. The average molecular weight is 286 g/mol. The third kappa shape index (κ3) is 7.70. The summed E-state index contributed by atoms with van der Waals surface area (Å²) < 4.78 is 9.86. The zero-order valence-corrected chi connectivity index (χ0v) is 12.3. The first kappa shape index (κ1) is 18.3. The fourth-order valence-electron chi connectivity index (χ4n) is 1.48. The van der Waals surface area contributed by atoms with Crippen LogP contribution in [-0.4, -0.2) is 36.0 Å². The van der Waals surface area contributed by atoms with E-state index in [1.807, 2.05) is 0 Å². The highest BCUT2D eigenvalue weighted by atomic mass is 17.1. The Kier molecular flexibility index (Phi) is 8.51. The molecule has 0 bridgehead atoms. The summed E-state index contributed by atoms with van der Waals surface area (Å²) in [6.07, 6.45) is 0.618. The van der Waals surface area contributed by atoms with E-state index in [4.69, 9.17) is 14.7 Å². The molecular weight excluding hydrogens is 264 g/mol. The van der Waals surface area contributed by atoms with E-state index >= 15 is 0 Å². The van der Waals surface area contributed by atoms with Gasteiger partial charge < -0.3 is 9.47 Å². The number of carbonyl (C=O) groups excluding carboxylic acids is 2. The highest BCUT2D eigenvalue weighted by Gasteiger charge is 2.21. The summed E-state index contributed by atoms with van der Waals surface area (Å²) in [7, 11) is 0. The Balaban J connectivity index is 4.67. The lowest BCUT2D eigenvalue weighted by Gasteiger charge is -2.22. The van der Waals surface area contributed by atoms with E-state index in [2.05, 4.69) is 11.5 Å². The van der Waals surface area contributed by atoms with E-state index < -0.39 is 24.1 Å². The summed E-state index contributed by atoms with van der Waals surface area (Å²) in [5.41, 5.74) is 1.31. The number of rotatable bonds is 8. The van der Waals surface area contributed by atoms with Crippen molar-refractivity contribution in [3.8, 4) is 0 Å². The Morgan fingerprint density at radius 3 is 2.15 bits per heavy atom. The van der Waals surface area contributed by atoms with Crippen molar-refractivity contribution >= 4 is 11.9 Å². The van der Waals surface area contributed by atoms with Gasteiger partial charge in [-0.2, -0.15) is 0 Å². The molecule has 0 saturated carbocycles. The Morgan fingerprint density at radius 2 is 1.75 bits per heavy atom. The smallest absolute Gasteiger partial charge is 0.303 e. The summed E-state index contributed by atoms with van der Waals surface area (Å²) in [6, 6.07) is 0. The molecule has 0 rings (SSSR count). The number of hydrogen-bond donors (Lipinski definition) is 1. The van der Waals surface area contributed by atoms with Crippen LogP contribution in [0.25, 0.3) is 0 Å². The van der Waals surface area contributed by atoms with Crippen molar-refractivity contribution in [2.24, 2.45) is 0 Å². The number of hydrogen-bond acceptors (Lipinski definition) is 6. The van der Waals surface area contributed by atoms with Gasteiger partial charge in [0.2, 0.25) is 0 Å². The summed E-state index contributed by atoms with van der Waals surface area (Å²) in [6.45, 7) is 9.87. The van der Waals surface area contributed by atoms with Crippen molar-refractivity contribution in [3.05, 3.63) is 23.8 Å². The monoisotopic (exact) mass is 286 g/mol. The predicted octanol–water partition coefficient (Wildman–Crippen LogP) is 2.25. The molecule has 1 N–H and O–H groups in total. The van der Waals surface area contributed by atoms with Gasteiger partial charge in [-0.25, -0.2) is 4.89 Å². The van der Waals surface area contributed by atoms with Crippen molar-refractivity contribution in [1.29, 1.82) is 0 Å². The van der Waals surface area contributed by atoms with Crippen LogP contribution in [0.3, 0.4) is 0 Å². The number of esters is 2. The molecule has 0 amide bonds. The minimum Gasteiger partial charge on any atom is -0.462 e. The van der Waals surface area contributed by atoms with E-state index in [1.54, 1.807) is 19.9 Å². The van der Waals surface area contributed by atoms with Gasteiger partial charge in [0.15, 0.2) is 0 Å². The highest BCUT2D eigenvalue weighted by molar-refractivity contribution is 5.66. The summed E-state index contributed by atoms with van der Waals surface area (Å²) >= 11 is 0. The fourth-order valence-corrected chi connectivity index (χ4v) is 1.48. The lowest BCUT2D eigenvalue weighted by atomic mass is 10.0. The lowest BCUT2D eigenvalue weighted by molar-refractivity contribution is -0.272. The minimum atomic E-state index is -0.674. The maximum Gasteiger partial charge on any atom is 0.303 e. The standard InChI is InChI=1S/C14H22O6/c1-9(2)13(19-12(5)16)8-14(20-17)10(3)6-7-18-11(4)15/h6,13-14,17H,1,7-8H2,2-5H3/b10-6+. The molecule has 0 aliphatic carbocycles. The van der Waals surface area contributed by atoms with Crippen LogP contribution in [0.1, 0.15) is 34.1 Å². The van der Waals surface area contributed by atoms with Gasteiger partial charge in [0.1, 0.15) is 18.8 Å². The van der Waals surface area contributed by atoms with Crippen molar-refractivity contribution < 1.29 is 29.2 Å². The van der Waals surface area contributed by atoms with Crippen molar-refractivity contribution in [2.75, 3.05) is 6.61 Å². The van der Waals surface area contributed by atoms with Crippen LogP contribution in [-0.2, 0) is 24.0 Å². The molecule has 2 unspecified atom stereocenters. The molecule has 0 aromatic carbocycles. The Bertz CT molecular complexity index is 385. The van der Waals surface area contributed by atoms with Gasteiger partial charge in [0.05, 0.1) is 0 Å². The Labute approximate surface area is 118 Å². The molecule has 0 aromatic heterocycles. The van der Waals surface area contributed by atoms with E-state index in [0.717, 1.165) is 0 Å². The summed E-state index contributed by atoms with van der Waals surface area (Å²) in [4.78, 5) is 26.0. The molecule has 0 saturated heterocycles. The molecule has 0 fully saturated rings. The summed E-state index contributed by atoms with van der Waals surface area (Å²) in [5.74, 6) is -0.827. The molecule has 20 heavy (non-hydrogen) atoms. The molecule has 6 nitrogen and oxygen atoms in total. The maximum absolute atomic E-state index is 11.0. The van der Waals surface area contributed by atoms with E-state index in [-0.39, 0.29) is 13.0 Å². The van der Waals surface area contributed by atoms with Crippen LogP contribution < -0.4 is 0 Å². The third-order valence-corrected chi connectivity index (χ3v) is 2.61. The maximum atomic E-state index is 11.0. The molecular formula is C14H22O6. The van der Waals surface area contributed by atoms with E-state index in [9.17, 15) is 9.59 Å². The first-order valence-corrected chi connectivity index (χ1v) is 6.20. The molecule has 0 spiro atoms. The van der Waals surface area contributed by atoms with Crippen LogP contribution in [0.5, 0.6) is 0 Å². The van der Waals surface area contributed by atoms with Gasteiger partial charge in [-0.15, -0.1) is 0 Å². The molecule has 0 radical (unpaired) electrons. The zero-order valence-electron chi connectivity index (χ0n) is 12.3. The molecule has 0 aromatic rings. The van der Waals surface area contributed by atoms with Gasteiger partial charge in [0, 0.05) is 20.3 Å². The predicted molar refractivity (Wildman–Crippen MR) is 72.9 cm³/mol. The van der Waals surface area contributed by atoms with Crippen LogP contribution in [0.2, 0.25) is 0 Å². The normalized spacial score (nSPS) is 14.3. The topological polar surface area (TPSA) is 82.1 Å². The van der Waals surface area contributed by atoms with Crippen LogP contribution >= 0.6 is 0 Å². The molecule has 6 heteroatoms. The van der Waals surface area contributed by atoms with E-state index in [1.165, 1.54) is 13.8 Å². The third-order valence-electron chi connectivity index (χ3n) is 2.61. The molecule has 0 heterocycles. The second-order valence-corrected chi connectivity index (χ2v) is 4.52. The van der Waals surface area contributed by atoms with Crippen LogP contribution in [0.15, 0.2) is 23.8 Å². The average Bonchev–Trinajstić information content (AvgIpc) is 2.32. The Morgan fingerprint density at radius 1 is 1.15 bits per heavy atom. The lowest BCUT2D eigenvalue weighted by Crippen LogP contribution is -2.26. The highest BCUT2D eigenvalue weighted by Crippen LogP contribution is 2.18. The van der Waals surface area contributed by atoms with Crippen molar-refractivity contribution in [1.82, 2.24) is 0 Å². The quantitative estimate of drug-likeness (QED) is 0.319. The van der Waals surface area contributed by atoms with Gasteiger partial charge in [-0.05, 0) is 31.1 Å². The number of ether oxygens (including phenoxy) is 2. The van der Waals surface area contributed by atoms with Gasteiger partial charge in [0.25, 0.3) is 0 Å². The molecule has 0 aliphatic heterocycles. The first-order valence-electron chi connectivity index (χ1n) is 6.20. The summed E-state index contributed by atoms with van der Waals surface area (Å²) in [5, 5.41) is 8.95. The van der Waals surface area contributed by atoms with Crippen LogP contribution in [0.4, 0.5) is 0 Å². The van der Waals surface area contributed by atoms with Gasteiger partial charge >= 0.3 is 11.9 Å². The fraction of sp³-hybridized carbons (Fsp3) is 0.571. The number of carbonyl (C=O) groups is 2. The van der Waals surface area contributed by atoms with E-state index in [0.29, 0.717) is 11.1 Å². The second kappa shape index (κ2) is 9.28. The molecule has 114 valence electrons. The Hall–Kier alpha value is -1.66. The molecule has 0 aliphatic rings. The van der Waals surface area contributed by atoms with Gasteiger partial charge in [-0.3, -0.25) is 14.8 Å². The van der Waals surface area contributed by atoms with Crippen LogP contribution in [0, 0.1) is 0 Å². The SMILES string of the molecule is C=C(C)C(CC(OO)/C(C)=C/COC(C)=O)OC(C)=O. The van der Waals surface area contributed by atoms with Crippen molar-refractivity contribution in [3.63, 3.8) is 0 Å². The zero-order chi connectivity index (χ0) is 15.7. The molecule has 2 atom stereocenters. The van der Waals surface area contributed by atoms with Crippen molar-refractivity contribution in [2.45, 2.75) is 46.3 Å². The largest absolute Gasteiger partial charge is 0.462 e.